The van der Waals surface area contributed by atoms with Crippen molar-refractivity contribution < 1.29 is 9.23 Å². The molecule has 0 fully saturated rings. The first-order chi connectivity index (χ1) is 6.27. The average Bonchev–Trinajstić information content (AvgIpc) is 2.16. The summed E-state index contributed by atoms with van der Waals surface area (Å²) in [5.41, 5.74) is 1.72. The third-order valence-electron chi connectivity index (χ3n) is 1.71. The van der Waals surface area contributed by atoms with E-state index in [2.05, 4.69) is 9.99 Å². The molecule has 13 heavy (non-hydrogen) atoms. The maximum Gasteiger partial charge on any atom is 0.123 e. The van der Waals surface area contributed by atoms with Gasteiger partial charge in [-0.3, -0.25) is 0 Å². The molecule has 0 radical (unpaired) electrons. The fourth-order valence-corrected chi connectivity index (χ4v) is 1.07. The SMILES string of the molecule is CCC(=NOC)c1ccc(F)cc1. The summed E-state index contributed by atoms with van der Waals surface area (Å²) in [6.07, 6.45) is 0.763. The molecule has 1 rings (SSSR count). The molecule has 3 heteroatoms. The van der Waals surface area contributed by atoms with Crippen LogP contribution in [0.1, 0.15) is 18.9 Å². The molecule has 0 aliphatic carbocycles. The van der Waals surface area contributed by atoms with Crippen molar-refractivity contribution in [3.63, 3.8) is 0 Å². The van der Waals surface area contributed by atoms with Gasteiger partial charge in [0.2, 0.25) is 0 Å². The molecule has 0 amide bonds. The van der Waals surface area contributed by atoms with E-state index in [1.165, 1.54) is 19.2 Å². The van der Waals surface area contributed by atoms with Gasteiger partial charge in [0.1, 0.15) is 12.9 Å². The third-order valence-corrected chi connectivity index (χ3v) is 1.71. The molecule has 0 saturated carbocycles. The second-order valence-electron chi connectivity index (χ2n) is 2.58. The van der Waals surface area contributed by atoms with Crippen molar-refractivity contribution in [2.75, 3.05) is 7.11 Å². The van der Waals surface area contributed by atoms with Crippen molar-refractivity contribution in [2.45, 2.75) is 13.3 Å². The maximum atomic E-state index is 12.6. The van der Waals surface area contributed by atoms with Gasteiger partial charge in [0.25, 0.3) is 0 Å². The first-order valence-corrected chi connectivity index (χ1v) is 4.14. The molecule has 0 atom stereocenters. The van der Waals surface area contributed by atoms with E-state index in [0.717, 1.165) is 17.7 Å². The van der Waals surface area contributed by atoms with Gasteiger partial charge in [0.05, 0.1) is 5.71 Å². The Bertz CT molecular complexity index is 292. The summed E-state index contributed by atoms with van der Waals surface area (Å²) in [5, 5.41) is 3.84. The molecule has 0 aliphatic heterocycles. The summed E-state index contributed by atoms with van der Waals surface area (Å²) in [4.78, 5) is 4.67. The average molecular weight is 181 g/mol. The van der Waals surface area contributed by atoms with Gasteiger partial charge in [-0.25, -0.2) is 4.39 Å². The van der Waals surface area contributed by atoms with Gasteiger partial charge in [-0.1, -0.05) is 24.2 Å². The third kappa shape index (κ3) is 2.54. The minimum atomic E-state index is -0.239. The summed E-state index contributed by atoms with van der Waals surface area (Å²) in [5.74, 6) is -0.239. The predicted molar refractivity (Wildman–Crippen MR) is 50.2 cm³/mol. The van der Waals surface area contributed by atoms with Gasteiger partial charge in [-0.15, -0.1) is 0 Å². The summed E-state index contributed by atoms with van der Waals surface area (Å²) >= 11 is 0. The van der Waals surface area contributed by atoms with E-state index in [9.17, 15) is 4.39 Å². The van der Waals surface area contributed by atoms with Gasteiger partial charge in [-0.05, 0) is 24.1 Å². The molecule has 0 aromatic heterocycles. The fourth-order valence-electron chi connectivity index (χ4n) is 1.07. The highest BCUT2D eigenvalue weighted by molar-refractivity contribution is 5.99. The molecule has 0 saturated heterocycles. The maximum absolute atomic E-state index is 12.6. The Morgan fingerprint density at radius 2 is 2.00 bits per heavy atom. The largest absolute Gasteiger partial charge is 0.399 e. The molecule has 0 heterocycles. The Kier molecular flexibility index (Phi) is 3.43. The van der Waals surface area contributed by atoms with Crippen LogP contribution < -0.4 is 0 Å². The predicted octanol–water partition coefficient (Wildman–Crippen LogP) is 2.59. The molecule has 0 spiro atoms. The quantitative estimate of drug-likeness (QED) is 0.518. The summed E-state index contributed by atoms with van der Waals surface area (Å²) in [6.45, 7) is 1.97. The zero-order valence-corrected chi connectivity index (χ0v) is 7.75. The molecule has 70 valence electrons. The molecular formula is C10H12FNO. The minimum Gasteiger partial charge on any atom is -0.399 e. The molecule has 0 N–H and O–H groups in total. The Balaban J connectivity index is 2.92. The fraction of sp³-hybridized carbons (Fsp3) is 0.300. The van der Waals surface area contributed by atoms with Crippen LogP contribution in [0.4, 0.5) is 4.39 Å². The second-order valence-corrected chi connectivity index (χ2v) is 2.58. The molecule has 0 bridgehead atoms. The van der Waals surface area contributed by atoms with Crippen LogP contribution in [-0.2, 0) is 4.84 Å². The topological polar surface area (TPSA) is 21.6 Å². The molecule has 2 nitrogen and oxygen atoms in total. The number of oxime groups is 1. The molecular weight excluding hydrogens is 169 g/mol. The van der Waals surface area contributed by atoms with E-state index in [1.807, 2.05) is 6.92 Å². The van der Waals surface area contributed by atoms with Crippen LogP contribution in [0.2, 0.25) is 0 Å². The van der Waals surface area contributed by atoms with Crippen molar-refractivity contribution in [2.24, 2.45) is 5.16 Å². The van der Waals surface area contributed by atoms with Crippen LogP contribution >= 0.6 is 0 Å². The highest BCUT2D eigenvalue weighted by Crippen LogP contribution is 2.06. The van der Waals surface area contributed by atoms with Crippen molar-refractivity contribution in [1.29, 1.82) is 0 Å². The highest BCUT2D eigenvalue weighted by Gasteiger charge is 2.01. The van der Waals surface area contributed by atoms with Crippen LogP contribution in [-0.4, -0.2) is 12.8 Å². The van der Waals surface area contributed by atoms with E-state index < -0.39 is 0 Å². The van der Waals surface area contributed by atoms with E-state index in [4.69, 9.17) is 0 Å². The van der Waals surface area contributed by atoms with E-state index in [1.54, 1.807) is 12.1 Å². The molecule has 1 aromatic rings. The van der Waals surface area contributed by atoms with Gasteiger partial charge < -0.3 is 4.84 Å². The van der Waals surface area contributed by atoms with Gasteiger partial charge in [0.15, 0.2) is 0 Å². The zero-order valence-electron chi connectivity index (χ0n) is 7.75. The lowest BCUT2D eigenvalue weighted by Crippen LogP contribution is -1.99. The Labute approximate surface area is 77.0 Å². The Morgan fingerprint density at radius 3 is 2.46 bits per heavy atom. The Morgan fingerprint density at radius 1 is 1.38 bits per heavy atom. The summed E-state index contributed by atoms with van der Waals surface area (Å²) < 4.78 is 12.6. The smallest absolute Gasteiger partial charge is 0.123 e. The van der Waals surface area contributed by atoms with Crippen molar-refractivity contribution in [1.82, 2.24) is 0 Å². The van der Waals surface area contributed by atoms with Crippen LogP contribution in [0.15, 0.2) is 29.4 Å². The highest BCUT2D eigenvalue weighted by atomic mass is 19.1. The van der Waals surface area contributed by atoms with Crippen LogP contribution in [0.25, 0.3) is 0 Å². The van der Waals surface area contributed by atoms with E-state index >= 15 is 0 Å². The van der Waals surface area contributed by atoms with Crippen LogP contribution in [0.3, 0.4) is 0 Å². The zero-order chi connectivity index (χ0) is 9.68. The minimum absolute atomic E-state index is 0.239. The normalized spacial score (nSPS) is 11.5. The first-order valence-electron chi connectivity index (χ1n) is 4.14. The second kappa shape index (κ2) is 4.60. The monoisotopic (exact) mass is 181 g/mol. The number of hydrogen-bond donors (Lipinski definition) is 0. The number of halogens is 1. The molecule has 0 unspecified atom stereocenters. The standard InChI is InChI=1S/C10H12FNO/c1-3-10(12-13-2)8-4-6-9(11)7-5-8/h4-7H,3H2,1-2H3. The van der Waals surface area contributed by atoms with Gasteiger partial charge in [0, 0.05) is 0 Å². The first kappa shape index (κ1) is 9.71. The molecule has 1 aromatic carbocycles. The molecule has 0 aliphatic rings. The van der Waals surface area contributed by atoms with Crippen molar-refractivity contribution in [3.8, 4) is 0 Å². The van der Waals surface area contributed by atoms with E-state index in [0.29, 0.717) is 0 Å². The number of hydrogen-bond acceptors (Lipinski definition) is 2. The number of nitrogens with zero attached hydrogens (tertiary/aromatic N) is 1. The number of rotatable bonds is 3. The lowest BCUT2D eigenvalue weighted by Gasteiger charge is -2.01. The van der Waals surface area contributed by atoms with Gasteiger partial charge in [-0.2, -0.15) is 0 Å². The summed E-state index contributed by atoms with van der Waals surface area (Å²) in [7, 11) is 1.50. The Hall–Kier alpha value is -1.38. The van der Waals surface area contributed by atoms with E-state index in [-0.39, 0.29) is 5.82 Å². The van der Waals surface area contributed by atoms with Crippen LogP contribution in [0.5, 0.6) is 0 Å². The summed E-state index contributed by atoms with van der Waals surface area (Å²) in [6, 6.07) is 6.21. The number of benzene rings is 1. The lowest BCUT2D eigenvalue weighted by atomic mass is 10.1. The van der Waals surface area contributed by atoms with Crippen molar-refractivity contribution in [3.05, 3.63) is 35.6 Å². The van der Waals surface area contributed by atoms with Crippen LogP contribution in [0, 0.1) is 5.82 Å². The lowest BCUT2D eigenvalue weighted by molar-refractivity contribution is 0.213. The van der Waals surface area contributed by atoms with Gasteiger partial charge >= 0.3 is 0 Å². The van der Waals surface area contributed by atoms with Crippen molar-refractivity contribution >= 4 is 5.71 Å².